The summed E-state index contributed by atoms with van der Waals surface area (Å²) in [6.45, 7) is 3.99. The van der Waals surface area contributed by atoms with Gasteiger partial charge in [-0.2, -0.15) is 4.31 Å². The largest absolute Gasteiger partial charge is 0.218 e. The van der Waals surface area contributed by atoms with Crippen LogP contribution in [0.4, 0.5) is 4.39 Å². The number of hydrogen-bond acceptors (Lipinski definition) is 2. The van der Waals surface area contributed by atoms with Crippen molar-refractivity contribution in [2.24, 2.45) is 0 Å². The Morgan fingerprint density at radius 3 is 2.40 bits per heavy atom. The lowest BCUT2D eigenvalue weighted by molar-refractivity contribution is 0.285. The van der Waals surface area contributed by atoms with E-state index < -0.39 is 15.8 Å². The molecule has 2 saturated heterocycles. The molecule has 0 saturated carbocycles. The van der Waals surface area contributed by atoms with E-state index >= 15 is 0 Å². The molecule has 0 radical (unpaired) electrons. The Morgan fingerprint density at radius 1 is 1.20 bits per heavy atom. The summed E-state index contributed by atoms with van der Waals surface area (Å²) in [5.41, 5.74) is 1.38. The Hall–Kier alpha value is -1.20. The van der Waals surface area contributed by atoms with Gasteiger partial charge >= 0.3 is 0 Å². The number of hydrogen-bond donors (Lipinski definition) is 0. The summed E-state index contributed by atoms with van der Waals surface area (Å²) in [4.78, 5) is 0. The molecular formula is C15H18FNO2S. The Balaban J connectivity index is 1.86. The van der Waals surface area contributed by atoms with Crippen molar-refractivity contribution in [3.05, 3.63) is 47.8 Å². The van der Waals surface area contributed by atoms with Crippen molar-refractivity contribution < 1.29 is 12.8 Å². The van der Waals surface area contributed by atoms with Crippen LogP contribution in [-0.2, 0) is 15.8 Å². The zero-order chi connectivity index (χ0) is 14.3. The van der Waals surface area contributed by atoms with Crippen molar-refractivity contribution in [3.8, 4) is 0 Å². The molecule has 1 aromatic carbocycles. The SMILES string of the molecule is C=C1CC2CCC(C1)N2S(=O)(=O)Cc1ccccc1F. The van der Waals surface area contributed by atoms with Crippen LogP contribution in [0.15, 0.2) is 36.4 Å². The second kappa shape index (κ2) is 4.97. The molecule has 5 heteroatoms. The third-order valence-electron chi connectivity index (χ3n) is 4.22. The highest BCUT2D eigenvalue weighted by Crippen LogP contribution is 2.40. The first-order valence-electron chi connectivity index (χ1n) is 6.88. The van der Waals surface area contributed by atoms with Crippen LogP contribution >= 0.6 is 0 Å². The molecule has 2 bridgehead atoms. The Morgan fingerprint density at radius 2 is 1.80 bits per heavy atom. The van der Waals surface area contributed by atoms with E-state index in [1.165, 1.54) is 12.1 Å². The first kappa shape index (κ1) is 13.8. The highest BCUT2D eigenvalue weighted by Gasteiger charge is 2.44. The number of piperidine rings is 1. The molecule has 0 aromatic heterocycles. The lowest BCUT2D eigenvalue weighted by Gasteiger charge is -2.34. The number of fused-ring (bicyclic) bond motifs is 2. The first-order chi connectivity index (χ1) is 9.47. The average Bonchev–Trinajstić information content (AvgIpc) is 2.66. The minimum Gasteiger partial charge on any atom is -0.212 e. The van der Waals surface area contributed by atoms with E-state index in [1.54, 1.807) is 16.4 Å². The summed E-state index contributed by atoms with van der Waals surface area (Å²) in [6.07, 6.45) is 3.26. The Labute approximate surface area is 119 Å². The maximum absolute atomic E-state index is 13.7. The predicted octanol–water partition coefficient (Wildman–Crippen LogP) is 2.84. The van der Waals surface area contributed by atoms with E-state index in [-0.39, 0.29) is 23.4 Å². The maximum atomic E-state index is 13.7. The molecule has 2 aliphatic rings. The smallest absolute Gasteiger partial charge is 0.212 e. The van der Waals surface area contributed by atoms with E-state index in [2.05, 4.69) is 6.58 Å². The maximum Gasteiger partial charge on any atom is 0.218 e. The van der Waals surface area contributed by atoms with Crippen LogP contribution in [0, 0.1) is 5.82 Å². The number of sulfonamides is 1. The fourth-order valence-electron chi connectivity index (χ4n) is 3.41. The van der Waals surface area contributed by atoms with Crippen molar-refractivity contribution in [1.29, 1.82) is 0 Å². The molecule has 3 rings (SSSR count). The van der Waals surface area contributed by atoms with E-state index in [0.717, 1.165) is 31.3 Å². The van der Waals surface area contributed by atoms with Crippen molar-refractivity contribution >= 4 is 10.0 Å². The quantitative estimate of drug-likeness (QED) is 0.804. The third-order valence-corrected chi connectivity index (χ3v) is 6.13. The van der Waals surface area contributed by atoms with Gasteiger partial charge in [0.15, 0.2) is 0 Å². The molecule has 2 fully saturated rings. The number of benzene rings is 1. The molecule has 2 unspecified atom stereocenters. The number of rotatable bonds is 3. The molecule has 0 amide bonds. The summed E-state index contributed by atoms with van der Waals surface area (Å²) in [7, 11) is -3.47. The second-order valence-electron chi connectivity index (χ2n) is 5.72. The van der Waals surface area contributed by atoms with Crippen LogP contribution in [0.25, 0.3) is 0 Å². The van der Waals surface area contributed by atoms with Gasteiger partial charge in [-0.25, -0.2) is 12.8 Å². The van der Waals surface area contributed by atoms with Gasteiger partial charge in [-0.15, -0.1) is 0 Å². The molecule has 108 valence electrons. The fraction of sp³-hybridized carbons (Fsp3) is 0.467. The van der Waals surface area contributed by atoms with Crippen LogP contribution in [0.5, 0.6) is 0 Å². The summed E-state index contributed by atoms with van der Waals surface area (Å²) in [6, 6.07) is 6.13. The number of halogens is 1. The summed E-state index contributed by atoms with van der Waals surface area (Å²) in [5.74, 6) is -0.705. The molecule has 2 aliphatic heterocycles. The van der Waals surface area contributed by atoms with Crippen LogP contribution in [0.2, 0.25) is 0 Å². The lowest BCUT2D eigenvalue weighted by atomic mass is 10.0. The summed E-state index contributed by atoms with van der Waals surface area (Å²) >= 11 is 0. The van der Waals surface area contributed by atoms with E-state index in [1.807, 2.05) is 0 Å². The first-order valence-corrected chi connectivity index (χ1v) is 8.49. The standard InChI is InChI=1S/C15H18FNO2S/c1-11-8-13-6-7-14(9-11)17(13)20(18,19)10-12-4-2-3-5-15(12)16/h2-5,13-14H,1,6-10H2. The van der Waals surface area contributed by atoms with E-state index in [0.29, 0.717) is 0 Å². The van der Waals surface area contributed by atoms with Gasteiger partial charge in [0, 0.05) is 17.6 Å². The monoisotopic (exact) mass is 295 g/mol. The van der Waals surface area contributed by atoms with E-state index in [9.17, 15) is 12.8 Å². The minimum atomic E-state index is -3.47. The van der Waals surface area contributed by atoms with Gasteiger partial charge < -0.3 is 0 Å². The Kier molecular flexibility index (Phi) is 3.42. The van der Waals surface area contributed by atoms with E-state index in [4.69, 9.17) is 0 Å². The summed E-state index contributed by atoms with van der Waals surface area (Å²) in [5, 5.41) is 0. The molecule has 0 N–H and O–H groups in total. The van der Waals surface area contributed by atoms with Gasteiger partial charge in [0.05, 0.1) is 5.75 Å². The molecule has 0 aliphatic carbocycles. The highest BCUT2D eigenvalue weighted by atomic mass is 32.2. The fourth-order valence-corrected chi connectivity index (χ4v) is 5.46. The predicted molar refractivity (Wildman–Crippen MR) is 76.0 cm³/mol. The van der Waals surface area contributed by atoms with Crippen molar-refractivity contribution in [2.75, 3.05) is 0 Å². The van der Waals surface area contributed by atoms with Gasteiger partial charge in [0.2, 0.25) is 10.0 Å². The lowest BCUT2D eigenvalue weighted by Crippen LogP contribution is -2.45. The van der Waals surface area contributed by atoms with Crippen LogP contribution in [0.3, 0.4) is 0 Å². The van der Waals surface area contributed by atoms with Crippen LogP contribution < -0.4 is 0 Å². The average molecular weight is 295 g/mol. The molecule has 1 aromatic rings. The number of nitrogens with zero attached hydrogens (tertiary/aromatic N) is 1. The normalized spacial score (nSPS) is 26.9. The zero-order valence-corrected chi connectivity index (χ0v) is 12.1. The minimum absolute atomic E-state index is 0.0259. The highest BCUT2D eigenvalue weighted by molar-refractivity contribution is 7.88. The van der Waals surface area contributed by atoms with Gasteiger partial charge in [0.1, 0.15) is 5.82 Å². The van der Waals surface area contributed by atoms with Crippen molar-refractivity contribution in [1.82, 2.24) is 4.31 Å². The van der Waals surface area contributed by atoms with Crippen molar-refractivity contribution in [2.45, 2.75) is 43.5 Å². The topological polar surface area (TPSA) is 37.4 Å². The van der Waals surface area contributed by atoms with Gasteiger partial charge in [-0.3, -0.25) is 0 Å². The molecule has 2 heterocycles. The van der Waals surface area contributed by atoms with Gasteiger partial charge in [0.25, 0.3) is 0 Å². The molecule has 0 spiro atoms. The third kappa shape index (κ3) is 2.40. The molecular weight excluding hydrogens is 277 g/mol. The molecule has 20 heavy (non-hydrogen) atoms. The second-order valence-corrected chi connectivity index (χ2v) is 7.59. The van der Waals surface area contributed by atoms with Crippen LogP contribution in [-0.4, -0.2) is 24.8 Å². The van der Waals surface area contributed by atoms with Crippen LogP contribution in [0.1, 0.15) is 31.2 Å². The summed E-state index contributed by atoms with van der Waals surface area (Å²) < 4.78 is 40.5. The molecule has 2 atom stereocenters. The Bertz CT molecular complexity index is 625. The van der Waals surface area contributed by atoms with Gasteiger partial charge in [-0.05, 0) is 31.7 Å². The van der Waals surface area contributed by atoms with Crippen molar-refractivity contribution in [3.63, 3.8) is 0 Å². The van der Waals surface area contributed by atoms with Gasteiger partial charge in [-0.1, -0.05) is 30.4 Å². The molecule has 3 nitrogen and oxygen atoms in total. The zero-order valence-electron chi connectivity index (χ0n) is 11.3.